The molecule has 0 amide bonds. The van der Waals surface area contributed by atoms with Gasteiger partial charge < -0.3 is 14.7 Å². The predicted molar refractivity (Wildman–Crippen MR) is 83.4 cm³/mol. The lowest BCUT2D eigenvalue weighted by Gasteiger charge is -2.27. The summed E-state index contributed by atoms with van der Waals surface area (Å²) in [5, 5.41) is 12.1. The van der Waals surface area contributed by atoms with Gasteiger partial charge in [-0.25, -0.2) is 4.79 Å². The van der Waals surface area contributed by atoms with Crippen LogP contribution in [0.4, 0.5) is 0 Å². The van der Waals surface area contributed by atoms with Gasteiger partial charge in [0, 0.05) is 12.7 Å². The highest BCUT2D eigenvalue weighted by Gasteiger charge is 2.22. The first-order chi connectivity index (χ1) is 10.7. The molecule has 0 heterocycles. The standard InChI is InChI=1S/C17H23NO4/c1-3-22-17(19)16(18-20)14-6-4-12(5-7-14)13-8-10-15(21-2)11-9-13/h4-7,13,15,20H,3,8-11H2,1-2H3/b18-16-. The van der Waals surface area contributed by atoms with Crippen molar-refractivity contribution in [2.45, 2.75) is 44.6 Å². The van der Waals surface area contributed by atoms with Gasteiger partial charge in [-0.15, -0.1) is 0 Å². The first-order valence-corrected chi connectivity index (χ1v) is 7.71. The molecule has 1 N–H and O–H groups in total. The second kappa shape index (κ2) is 7.94. The number of hydrogen-bond donors (Lipinski definition) is 1. The maximum absolute atomic E-state index is 11.7. The van der Waals surface area contributed by atoms with E-state index in [0.29, 0.717) is 17.6 Å². The van der Waals surface area contributed by atoms with Gasteiger partial charge in [0.15, 0.2) is 5.71 Å². The second-order valence-corrected chi connectivity index (χ2v) is 5.50. The summed E-state index contributed by atoms with van der Waals surface area (Å²) in [6, 6.07) is 7.61. The third-order valence-electron chi connectivity index (χ3n) is 4.23. The number of carbonyl (C=O) groups is 1. The summed E-state index contributed by atoms with van der Waals surface area (Å²) in [4.78, 5) is 11.7. The molecule has 0 spiro atoms. The van der Waals surface area contributed by atoms with E-state index in [9.17, 15) is 4.79 Å². The van der Waals surface area contributed by atoms with Crippen LogP contribution in [0.5, 0.6) is 0 Å². The highest BCUT2D eigenvalue weighted by atomic mass is 16.5. The predicted octanol–water partition coefficient (Wildman–Crippen LogP) is 3.10. The van der Waals surface area contributed by atoms with Gasteiger partial charge >= 0.3 is 5.97 Å². The number of esters is 1. The molecule has 1 aromatic carbocycles. The van der Waals surface area contributed by atoms with Gasteiger partial charge in [-0.3, -0.25) is 0 Å². The van der Waals surface area contributed by atoms with E-state index in [1.165, 1.54) is 5.56 Å². The molecular formula is C17H23NO4. The van der Waals surface area contributed by atoms with Crippen molar-refractivity contribution in [2.75, 3.05) is 13.7 Å². The average molecular weight is 305 g/mol. The molecule has 5 heteroatoms. The van der Waals surface area contributed by atoms with Crippen LogP contribution in [-0.4, -0.2) is 36.7 Å². The molecule has 22 heavy (non-hydrogen) atoms. The Balaban J connectivity index is 2.05. The van der Waals surface area contributed by atoms with Gasteiger partial charge in [-0.05, 0) is 44.1 Å². The van der Waals surface area contributed by atoms with Crippen molar-refractivity contribution in [3.8, 4) is 0 Å². The van der Waals surface area contributed by atoms with Crippen LogP contribution < -0.4 is 0 Å². The van der Waals surface area contributed by atoms with E-state index in [0.717, 1.165) is 25.7 Å². The first kappa shape index (κ1) is 16.5. The summed E-state index contributed by atoms with van der Waals surface area (Å²) >= 11 is 0. The number of carbonyl (C=O) groups excluding carboxylic acids is 1. The molecule has 120 valence electrons. The van der Waals surface area contributed by atoms with Crippen LogP contribution in [0.3, 0.4) is 0 Å². The van der Waals surface area contributed by atoms with Crippen molar-refractivity contribution in [1.29, 1.82) is 0 Å². The second-order valence-electron chi connectivity index (χ2n) is 5.50. The van der Waals surface area contributed by atoms with E-state index in [1.54, 1.807) is 14.0 Å². The summed E-state index contributed by atoms with van der Waals surface area (Å²) in [5.74, 6) is -0.0871. The Morgan fingerprint density at radius 1 is 1.23 bits per heavy atom. The zero-order chi connectivity index (χ0) is 15.9. The van der Waals surface area contributed by atoms with Crippen LogP contribution in [0.1, 0.15) is 49.7 Å². The van der Waals surface area contributed by atoms with Crippen molar-refractivity contribution in [3.05, 3.63) is 35.4 Å². The zero-order valence-electron chi connectivity index (χ0n) is 13.1. The molecule has 0 bridgehead atoms. The van der Waals surface area contributed by atoms with Gasteiger partial charge in [0.25, 0.3) is 0 Å². The Labute approximate surface area is 130 Å². The lowest BCUT2D eigenvalue weighted by atomic mass is 9.82. The van der Waals surface area contributed by atoms with Crippen molar-refractivity contribution in [2.24, 2.45) is 5.16 Å². The van der Waals surface area contributed by atoms with E-state index in [1.807, 2.05) is 24.3 Å². The molecule has 0 aromatic heterocycles. The number of nitrogens with zero attached hydrogens (tertiary/aromatic N) is 1. The molecule has 1 saturated carbocycles. The lowest BCUT2D eigenvalue weighted by molar-refractivity contribution is -0.135. The van der Waals surface area contributed by atoms with Crippen LogP contribution in [0, 0.1) is 0 Å². The van der Waals surface area contributed by atoms with Gasteiger partial charge in [0.05, 0.1) is 12.7 Å². The lowest BCUT2D eigenvalue weighted by Crippen LogP contribution is -2.20. The van der Waals surface area contributed by atoms with Gasteiger partial charge in [0.2, 0.25) is 0 Å². The van der Waals surface area contributed by atoms with E-state index >= 15 is 0 Å². The number of methoxy groups -OCH3 is 1. The topological polar surface area (TPSA) is 68.1 Å². The van der Waals surface area contributed by atoms with Crippen LogP contribution in [0.25, 0.3) is 0 Å². The molecule has 0 unspecified atom stereocenters. The third kappa shape index (κ3) is 3.85. The Hall–Kier alpha value is -1.88. The maximum Gasteiger partial charge on any atom is 0.361 e. The molecule has 1 aromatic rings. The van der Waals surface area contributed by atoms with Crippen LogP contribution in [0.2, 0.25) is 0 Å². The number of oxime groups is 1. The highest BCUT2D eigenvalue weighted by molar-refractivity contribution is 6.43. The monoisotopic (exact) mass is 305 g/mol. The number of hydrogen-bond acceptors (Lipinski definition) is 5. The molecule has 1 aliphatic carbocycles. The SMILES string of the molecule is CCOC(=O)/C(=N\O)c1ccc(C2CCC(OC)CC2)cc1. The van der Waals surface area contributed by atoms with Crippen molar-refractivity contribution < 1.29 is 19.5 Å². The number of benzene rings is 1. The Morgan fingerprint density at radius 2 is 1.86 bits per heavy atom. The van der Waals surface area contributed by atoms with E-state index in [4.69, 9.17) is 14.7 Å². The largest absolute Gasteiger partial charge is 0.461 e. The zero-order valence-corrected chi connectivity index (χ0v) is 13.1. The Bertz CT molecular complexity index is 516. The van der Waals surface area contributed by atoms with E-state index in [-0.39, 0.29) is 12.3 Å². The van der Waals surface area contributed by atoms with Crippen LogP contribution >= 0.6 is 0 Å². The Kier molecular flexibility index (Phi) is 5.95. The molecule has 0 radical (unpaired) electrons. The molecule has 0 saturated heterocycles. The fraction of sp³-hybridized carbons (Fsp3) is 0.529. The smallest absolute Gasteiger partial charge is 0.361 e. The Morgan fingerprint density at radius 3 is 2.36 bits per heavy atom. The molecule has 0 atom stereocenters. The minimum absolute atomic E-state index is 0.0588. The quantitative estimate of drug-likeness (QED) is 0.393. The molecule has 0 aliphatic heterocycles. The fourth-order valence-electron chi connectivity index (χ4n) is 2.96. The van der Waals surface area contributed by atoms with Gasteiger partial charge in [-0.2, -0.15) is 0 Å². The van der Waals surface area contributed by atoms with Gasteiger partial charge in [-0.1, -0.05) is 29.4 Å². The summed E-state index contributed by atoms with van der Waals surface area (Å²) in [6.07, 6.45) is 4.75. The summed E-state index contributed by atoms with van der Waals surface area (Å²) < 4.78 is 10.3. The maximum atomic E-state index is 11.7. The summed E-state index contributed by atoms with van der Waals surface area (Å²) in [7, 11) is 1.77. The number of rotatable bonds is 5. The average Bonchev–Trinajstić information content (AvgIpc) is 2.56. The minimum atomic E-state index is -0.613. The van der Waals surface area contributed by atoms with Gasteiger partial charge in [0.1, 0.15) is 0 Å². The van der Waals surface area contributed by atoms with Crippen molar-refractivity contribution in [1.82, 2.24) is 0 Å². The molecule has 1 aliphatic rings. The first-order valence-electron chi connectivity index (χ1n) is 7.71. The normalized spacial score (nSPS) is 22.4. The minimum Gasteiger partial charge on any atom is -0.461 e. The highest BCUT2D eigenvalue weighted by Crippen LogP contribution is 2.33. The number of ether oxygens (including phenoxy) is 2. The molecule has 5 nitrogen and oxygen atoms in total. The molecular weight excluding hydrogens is 282 g/mol. The van der Waals surface area contributed by atoms with E-state index < -0.39 is 5.97 Å². The fourth-order valence-corrected chi connectivity index (χ4v) is 2.96. The van der Waals surface area contributed by atoms with Crippen LogP contribution in [-0.2, 0) is 14.3 Å². The van der Waals surface area contributed by atoms with E-state index in [2.05, 4.69) is 5.16 Å². The summed E-state index contributed by atoms with van der Waals surface area (Å²) in [5.41, 5.74) is 1.76. The van der Waals surface area contributed by atoms with Crippen molar-refractivity contribution in [3.63, 3.8) is 0 Å². The van der Waals surface area contributed by atoms with Crippen molar-refractivity contribution >= 4 is 11.7 Å². The van der Waals surface area contributed by atoms with Crippen LogP contribution in [0.15, 0.2) is 29.4 Å². The molecule has 1 fully saturated rings. The molecule has 2 rings (SSSR count). The third-order valence-corrected chi connectivity index (χ3v) is 4.23. The summed E-state index contributed by atoms with van der Waals surface area (Å²) in [6.45, 7) is 1.96.